The Hall–Kier alpha value is -2.10. The number of hydrogen-bond donors (Lipinski definition) is 1. The van der Waals surface area contributed by atoms with Crippen LogP contribution >= 0.6 is 0 Å². The fraction of sp³-hybridized carbons (Fsp3) is 0.167. The van der Waals surface area contributed by atoms with E-state index in [4.69, 9.17) is 5.73 Å². The van der Waals surface area contributed by atoms with Gasteiger partial charge in [-0.2, -0.15) is 4.98 Å². The van der Waals surface area contributed by atoms with Gasteiger partial charge in [0.2, 0.25) is 0 Å². The van der Waals surface area contributed by atoms with Gasteiger partial charge in [-0.3, -0.25) is 4.57 Å². The van der Waals surface area contributed by atoms with E-state index < -0.39 is 0 Å². The number of rotatable bonds is 1. The van der Waals surface area contributed by atoms with E-state index in [0.29, 0.717) is 0 Å². The van der Waals surface area contributed by atoms with E-state index in [1.54, 1.807) is 12.3 Å². The molecule has 4 heteroatoms. The summed E-state index contributed by atoms with van der Waals surface area (Å²) in [5.41, 5.74) is 8.13. The predicted molar refractivity (Wildman–Crippen MR) is 63.7 cm³/mol. The molecule has 0 spiro atoms. The van der Waals surface area contributed by atoms with Gasteiger partial charge in [0.05, 0.1) is 5.69 Å². The molecule has 0 amide bonds. The molecule has 0 bridgehead atoms. The average molecular weight is 215 g/mol. The molecule has 1 aromatic heterocycles. The Kier molecular flexibility index (Phi) is 2.48. The van der Waals surface area contributed by atoms with Crippen molar-refractivity contribution in [2.24, 2.45) is 0 Å². The second-order valence-electron chi connectivity index (χ2n) is 3.79. The number of benzene rings is 1. The average Bonchev–Trinajstić information content (AvgIpc) is 2.19. The van der Waals surface area contributed by atoms with Gasteiger partial charge in [-0.15, -0.1) is 0 Å². The van der Waals surface area contributed by atoms with Crippen LogP contribution in [0.5, 0.6) is 0 Å². The topological polar surface area (TPSA) is 60.9 Å². The molecule has 0 saturated heterocycles. The third kappa shape index (κ3) is 1.82. The van der Waals surface area contributed by atoms with E-state index in [2.05, 4.69) is 4.98 Å². The summed E-state index contributed by atoms with van der Waals surface area (Å²) in [5.74, 6) is 0.242. The van der Waals surface area contributed by atoms with E-state index in [0.717, 1.165) is 16.8 Å². The number of aromatic nitrogens is 2. The molecule has 0 saturated carbocycles. The summed E-state index contributed by atoms with van der Waals surface area (Å²) in [6, 6.07) is 7.51. The van der Waals surface area contributed by atoms with Gasteiger partial charge in [0.25, 0.3) is 0 Å². The Labute approximate surface area is 93.4 Å². The maximum atomic E-state index is 11.6. The summed E-state index contributed by atoms with van der Waals surface area (Å²) < 4.78 is 1.49. The van der Waals surface area contributed by atoms with Crippen molar-refractivity contribution >= 4 is 5.82 Å². The van der Waals surface area contributed by atoms with Gasteiger partial charge >= 0.3 is 5.69 Å². The minimum absolute atomic E-state index is 0.242. The maximum absolute atomic E-state index is 11.6. The first kappa shape index (κ1) is 10.4. The highest BCUT2D eigenvalue weighted by Crippen LogP contribution is 2.13. The molecule has 2 rings (SSSR count). The Bertz CT molecular complexity index is 587. The van der Waals surface area contributed by atoms with Crippen LogP contribution in [0.25, 0.3) is 5.69 Å². The lowest BCUT2D eigenvalue weighted by molar-refractivity contribution is 0.911. The van der Waals surface area contributed by atoms with Gasteiger partial charge in [-0.25, -0.2) is 4.79 Å². The lowest BCUT2D eigenvalue weighted by Crippen LogP contribution is -2.22. The molecule has 2 aromatic rings. The Morgan fingerprint density at radius 2 is 2.00 bits per heavy atom. The highest BCUT2D eigenvalue weighted by Gasteiger charge is 2.04. The Morgan fingerprint density at radius 1 is 1.25 bits per heavy atom. The van der Waals surface area contributed by atoms with Crippen molar-refractivity contribution in [3.05, 3.63) is 52.1 Å². The maximum Gasteiger partial charge on any atom is 0.354 e. The number of nitrogens with two attached hydrogens (primary N) is 1. The molecule has 16 heavy (non-hydrogen) atoms. The molecule has 4 nitrogen and oxygen atoms in total. The fourth-order valence-corrected chi connectivity index (χ4v) is 1.68. The molecule has 0 unspecified atom stereocenters. The number of hydrogen-bond acceptors (Lipinski definition) is 3. The van der Waals surface area contributed by atoms with Crippen molar-refractivity contribution in [3.8, 4) is 5.69 Å². The van der Waals surface area contributed by atoms with Crippen molar-refractivity contribution < 1.29 is 0 Å². The zero-order chi connectivity index (χ0) is 11.7. The second-order valence-corrected chi connectivity index (χ2v) is 3.79. The largest absolute Gasteiger partial charge is 0.383 e. The summed E-state index contributed by atoms with van der Waals surface area (Å²) in [6.07, 6.45) is 1.64. The number of nitrogen functional groups attached to an aromatic ring is 1. The summed E-state index contributed by atoms with van der Waals surface area (Å²) in [5, 5.41) is 0. The van der Waals surface area contributed by atoms with Crippen LogP contribution < -0.4 is 11.4 Å². The van der Waals surface area contributed by atoms with Crippen molar-refractivity contribution in [3.63, 3.8) is 0 Å². The second kappa shape index (κ2) is 3.81. The van der Waals surface area contributed by atoms with Gasteiger partial charge in [0, 0.05) is 6.20 Å². The lowest BCUT2D eigenvalue weighted by atomic mass is 10.1. The number of nitrogens with zero attached hydrogens (tertiary/aromatic N) is 2. The van der Waals surface area contributed by atoms with Gasteiger partial charge < -0.3 is 5.73 Å². The van der Waals surface area contributed by atoms with E-state index in [9.17, 15) is 4.79 Å². The van der Waals surface area contributed by atoms with E-state index in [1.807, 2.05) is 32.0 Å². The van der Waals surface area contributed by atoms with Crippen LogP contribution in [-0.4, -0.2) is 9.55 Å². The zero-order valence-electron chi connectivity index (χ0n) is 9.27. The van der Waals surface area contributed by atoms with Crippen LogP contribution in [-0.2, 0) is 0 Å². The van der Waals surface area contributed by atoms with Gasteiger partial charge in [-0.05, 0) is 31.5 Å². The van der Waals surface area contributed by atoms with Crippen molar-refractivity contribution in [1.82, 2.24) is 9.55 Å². The monoisotopic (exact) mass is 215 g/mol. The van der Waals surface area contributed by atoms with Gasteiger partial charge in [0.1, 0.15) is 5.82 Å². The summed E-state index contributed by atoms with van der Waals surface area (Å²) in [4.78, 5) is 15.3. The van der Waals surface area contributed by atoms with E-state index in [1.165, 1.54) is 4.57 Å². The molecule has 1 heterocycles. The third-order valence-corrected chi connectivity index (χ3v) is 2.44. The normalized spacial score (nSPS) is 10.4. The highest BCUT2D eigenvalue weighted by atomic mass is 16.1. The molecular formula is C12H13N3O. The third-order valence-electron chi connectivity index (χ3n) is 2.44. The number of anilines is 1. The Balaban J connectivity index is 2.63. The van der Waals surface area contributed by atoms with E-state index in [-0.39, 0.29) is 11.5 Å². The first-order valence-corrected chi connectivity index (χ1v) is 5.01. The predicted octanol–water partition coefficient (Wildman–Crippen LogP) is 1.43. The first-order valence-electron chi connectivity index (χ1n) is 5.01. The molecular weight excluding hydrogens is 202 g/mol. The van der Waals surface area contributed by atoms with Crippen LogP contribution in [0, 0.1) is 13.8 Å². The van der Waals surface area contributed by atoms with Gasteiger partial charge in [-0.1, -0.05) is 17.7 Å². The fourth-order valence-electron chi connectivity index (χ4n) is 1.68. The standard InChI is InChI=1S/C12H13N3O/c1-8-3-4-10(9(2)7-8)15-6-5-11(13)14-12(15)16/h3-7H,1-2H3,(H2,13,14,16). The lowest BCUT2D eigenvalue weighted by Gasteiger charge is -2.09. The molecule has 0 aliphatic heterocycles. The Morgan fingerprint density at radius 3 is 2.62 bits per heavy atom. The van der Waals surface area contributed by atoms with Crippen LogP contribution in [0.4, 0.5) is 5.82 Å². The van der Waals surface area contributed by atoms with Gasteiger partial charge in [0.15, 0.2) is 0 Å². The molecule has 0 aliphatic carbocycles. The van der Waals surface area contributed by atoms with Crippen LogP contribution in [0.2, 0.25) is 0 Å². The minimum atomic E-state index is -0.355. The SMILES string of the molecule is Cc1ccc(-n2ccc(N)nc2=O)c(C)c1. The first-order chi connectivity index (χ1) is 7.58. The van der Waals surface area contributed by atoms with Crippen LogP contribution in [0.3, 0.4) is 0 Å². The van der Waals surface area contributed by atoms with Crippen LogP contribution in [0.1, 0.15) is 11.1 Å². The molecule has 2 N–H and O–H groups in total. The molecule has 0 aliphatic rings. The van der Waals surface area contributed by atoms with E-state index >= 15 is 0 Å². The van der Waals surface area contributed by atoms with Crippen molar-refractivity contribution in [2.75, 3.05) is 5.73 Å². The molecule has 1 aromatic carbocycles. The van der Waals surface area contributed by atoms with Crippen molar-refractivity contribution in [2.45, 2.75) is 13.8 Å². The molecule has 0 atom stereocenters. The van der Waals surface area contributed by atoms with Crippen molar-refractivity contribution in [1.29, 1.82) is 0 Å². The molecule has 0 radical (unpaired) electrons. The summed E-state index contributed by atoms with van der Waals surface area (Å²) in [7, 11) is 0. The van der Waals surface area contributed by atoms with Crippen LogP contribution in [0.15, 0.2) is 35.3 Å². The molecule has 0 fully saturated rings. The smallest absolute Gasteiger partial charge is 0.354 e. The quantitative estimate of drug-likeness (QED) is 0.782. The summed E-state index contributed by atoms with van der Waals surface area (Å²) >= 11 is 0. The minimum Gasteiger partial charge on any atom is -0.383 e. The zero-order valence-corrected chi connectivity index (χ0v) is 9.27. The number of aryl methyl sites for hydroxylation is 2. The highest BCUT2D eigenvalue weighted by molar-refractivity contribution is 5.43. The summed E-state index contributed by atoms with van der Waals surface area (Å²) in [6.45, 7) is 3.98. The molecule has 82 valence electrons.